The summed E-state index contributed by atoms with van der Waals surface area (Å²) in [5.41, 5.74) is 1.07. The third kappa shape index (κ3) is 3.23. The van der Waals surface area contributed by atoms with Gasteiger partial charge in [0, 0.05) is 18.1 Å². The second kappa shape index (κ2) is 6.01. The smallest absolute Gasteiger partial charge is 0.337 e. The minimum atomic E-state index is -0.406. The molecule has 1 N–H and O–H groups in total. The second-order valence-corrected chi connectivity index (χ2v) is 4.22. The molecule has 0 saturated carbocycles. The molecule has 0 saturated heterocycles. The molecule has 6 nitrogen and oxygen atoms in total. The number of amides is 1. The minimum absolute atomic E-state index is 0.156. The van der Waals surface area contributed by atoms with Crippen molar-refractivity contribution in [2.24, 2.45) is 0 Å². The van der Waals surface area contributed by atoms with E-state index in [2.05, 4.69) is 15.0 Å². The number of anilines is 1. The number of carbonyl (C=O) groups excluding carboxylic acids is 2. The van der Waals surface area contributed by atoms with Gasteiger partial charge in [-0.15, -0.1) is 0 Å². The van der Waals surface area contributed by atoms with Gasteiger partial charge in [0.1, 0.15) is 12.4 Å². The zero-order valence-corrected chi connectivity index (χ0v) is 11.3. The lowest BCUT2D eigenvalue weighted by Crippen LogP contribution is -2.19. The summed E-state index contributed by atoms with van der Waals surface area (Å²) in [6.45, 7) is 2.03. The molecule has 0 fully saturated rings. The van der Waals surface area contributed by atoms with Crippen molar-refractivity contribution in [1.29, 1.82) is 0 Å². The first-order valence-electron chi connectivity index (χ1n) is 6.06. The summed E-state index contributed by atoms with van der Waals surface area (Å²) in [7, 11) is 1.32. The highest BCUT2D eigenvalue weighted by Crippen LogP contribution is 2.10. The van der Waals surface area contributed by atoms with Crippen LogP contribution in [0.4, 0.5) is 5.69 Å². The fourth-order valence-corrected chi connectivity index (χ4v) is 1.73. The van der Waals surface area contributed by atoms with Gasteiger partial charge in [-0.3, -0.25) is 4.79 Å². The molecule has 2 rings (SSSR count). The van der Waals surface area contributed by atoms with Crippen LogP contribution in [0.25, 0.3) is 0 Å². The fourth-order valence-electron chi connectivity index (χ4n) is 1.73. The number of nitrogens with zero attached hydrogens (tertiary/aromatic N) is 2. The number of carbonyl (C=O) groups is 2. The number of aromatic nitrogens is 2. The van der Waals surface area contributed by atoms with Crippen LogP contribution in [0.5, 0.6) is 0 Å². The summed E-state index contributed by atoms with van der Waals surface area (Å²) in [5.74, 6) is 0.218. The Hall–Kier alpha value is -2.63. The molecule has 0 bridgehead atoms. The molecular weight excluding hydrogens is 258 g/mol. The van der Waals surface area contributed by atoms with E-state index in [1.807, 2.05) is 6.92 Å². The highest BCUT2D eigenvalue weighted by Gasteiger charge is 2.07. The van der Waals surface area contributed by atoms with Gasteiger partial charge in [0.05, 0.1) is 12.7 Å². The number of nitrogens with one attached hydrogen (secondary N) is 1. The molecule has 0 aliphatic carbocycles. The summed E-state index contributed by atoms with van der Waals surface area (Å²) in [6, 6.07) is 6.52. The van der Waals surface area contributed by atoms with E-state index < -0.39 is 5.97 Å². The molecule has 1 aromatic carbocycles. The van der Waals surface area contributed by atoms with E-state index >= 15 is 0 Å². The molecule has 0 aliphatic rings. The number of rotatable bonds is 4. The molecule has 20 heavy (non-hydrogen) atoms. The van der Waals surface area contributed by atoms with E-state index in [1.165, 1.54) is 7.11 Å². The van der Waals surface area contributed by atoms with Gasteiger partial charge in [-0.2, -0.15) is 0 Å². The molecule has 1 amide bonds. The van der Waals surface area contributed by atoms with Crippen LogP contribution < -0.4 is 5.32 Å². The minimum Gasteiger partial charge on any atom is -0.465 e. The van der Waals surface area contributed by atoms with Crippen molar-refractivity contribution in [2.45, 2.75) is 13.5 Å². The summed E-state index contributed by atoms with van der Waals surface area (Å²) >= 11 is 0. The lowest BCUT2D eigenvalue weighted by molar-refractivity contribution is -0.116. The zero-order valence-electron chi connectivity index (χ0n) is 11.3. The molecule has 0 spiro atoms. The highest BCUT2D eigenvalue weighted by molar-refractivity contribution is 5.92. The maximum atomic E-state index is 11.9. The third-order valence-corrected chi connectivity index (χ3v) is 2.83. The first-order valence-corrected chi connectivity index (χ1v) is 6.06. The number of esters is 1. The van der Waals surface area contributed by atoms with Crippen molar-refractivity contribution in [2.75, 3.05) is 12.4 Å². The molecule has 0 radical (unpaired) electrons. The average molecular weight is 273 g/mol. The SMILES string of the molecule is COC(=O)c1ccc(NC(=O)Cn2ccnc2C)cc1. The van der Waals surface area contributed by atoms with Crippen LogP contribution in [-0.2, 0) is 16.1 Å². The standard InChI is InChI=1S/C14H15N3O3/c1-10-15-7-8-17(10)9-13(18)16-12-5-3-11(4-6-12)14(19)20-2/h3-8H,9H2,1-2H3,(H,16,18). The van der Waals surface area contributed by atoms with Crippen LogP contribution >= 0.6 is 0 Å². The molecule has 1 heterocycles. The van der Waals surface area contributed by atoms with Crippen molar-refractivity contribution < 1.29 is 14.3 Å². The predicted octanol–water partition coefficient (Wildman–Crippen LogP) is 1.62. The van der Waals surface area contributed by atoms with Crippen LogP contribution in [0.1, 0.15) is 16.2 Å². The predicted molar refractivity (Wildman–Crippen MR) is 73.4 cm³/mol. The Labute approximate surface area is 116 Å². The number of ether oxygens (including phenoxy) is 1. The quantitative estimate of drug-likeness (QED) is 0.859. The van der Waals surface area contributed by atoms with Gasteiger partial charge in [-0.25, -0.2) is 9.78 Å². The van der Waals surface area contributed by atoms with Crippen molar-refractivity contribution >= 4 is 17.6 Å². The maximum absolute atomic E-state index is 11.9. The van der Waals surface area contributed by atoms with E-state index in [9.17, 15) is 9.59 Å². The van der Waals surface area contributed by atoms with Gasteiger partial charge >= 0.3 is 5.97 Å². The van der Waals surface area contributed by atoms with Crippen LogP contribution in [0.3, 0.4) is 0 Å². The molecule has 0 unspecified atom stereocenters. The molecule has 104 valence electrons. The molecule has 6 heteroatoms. The van der Waals surface area contributed by atoms with Crippen molar-refractivity contribution in [3.05, 3.63) is 48.0 Å². The summed E-state index contributed by atoms with van der Waals surface area (Å²) in [5, 5.41) is 2.75. The number of benzene rings is 1. The zero-order chi connectivity index (χ0) is 14.5. The Balaban J connectivity index is 1.98. The lowest BCUT2D eigenvalue weighted by atomic mass is 10.2. The Morgan fingerprint density at radius 3 is 2.55 bits per heavy atom. The van der Waals surface area contributed by atoms with Crippen LogP contribution in [0.15, 0.2) is 36.7 Å². The van der Waals surface area contributed by atoms with E-state index in [0.29, 0.717) is 11.3 Å². The molecule has 2 aromatic rings. The summed E-state index contributed by atoms with van der Waals surface area (Å²) in [6.07, 6.45) is 3.39. The number of hydrogen-bond acceptors (Lipinski definition) is 4. The Kier molecular flexibility index (Phi) is 4.14. The fraction of sp³-hybridized carbons (Fsp3) is 0.214. The topological polar surface area (TPSA) is 73.2 Å². The van der Waals surface area contributed by atoms with Gasteiger partial charge in [0.15, 0.2) is 0 Å². The van der Waals surface area contributed by atoms with Gasteiger partial charge in [0.25, 0.3) is 0 Å². The van der Waals surface area contributed by atoms with Crippen molar-refractivity contribution in [1.82, 2.24) is 9.55 Å². The van der Waals surface area contributed by atoms with Gasteiger partial charge in [-0.1, -0.05) is 0 Å². The number of methoxy groups -OCH3 is 1. The largest absolute Gasteiger partial charge is 0.465 e. The monoisotopic (exact) mass is 273 g/mol. The van der Waals surface area contributed by atoms with E-state index in [1.54, 1.807) is 41.2 Å². The van der Waals surface area contributed by atoms with E-state index in [-0.39, 0.29) is 12.5 Å². The van der Waals surface area contributed by atoms with Gasteiger partial charge < -0.3 is 14.6 Å². The normalized spacial score (nSPS) is 10.1. The summed E-state index contributed by atoms with van der Waals surface area (Å²) < 4.78 is 6.35. The van der Waals surface area contributed by atoms with Crippen LogP contribution in [0, 0.1) is 6.92 Å². The van der Waals surface area contributed by atoms with Gasteiger partial charge in [-0.05, 0) is 31.2 Å². The molecule has 0 atom stereocenters. The van der Waals surface area contributed by atoms with Crippen LogP contribution in [-0.4, -0.2) is 28.5 Å². The number of hydrogen-bond donors (Lipinski definition) is 1. The maximum Gasteiger partial charge on any atom is 0.337 e. The molecular formula is C14H15N3O3. The summed E-state index contributed by atoms with van der Waals surface area (Å²) in [4.78, 5) is 27.2. The second-order valence-electron chi connectivity index (χ2n) is 4.22. The van der Waals surface area contributed by atoms with Crippen LogP contribution in [0.2, 0.25) is 0 Å². The Morgan fingerprint density at radius 1 is 1.30 bits per heavy atom. The Morgan fingerprint density at radius 2 is 2.00 bits per heavy atom. The first-order chi connectivity index (χ1) is 9.60. The van der Waals surface area contributed by atoms with Crippen molar-refractivity contribution in [3.63, 3.8) is 0 Å². The third-order valence-electron chi connectivity index (χ3n) is 2.83. The Bertz CT molecular complexity index is 617. The molecule has 0 aliphatic heterocycles. The lowest BCUT2D eigenvalue weighted by Gasteiger charge is -2.07. The molecule has 1 aromatic heterocycles. The van der Waals surface area contributed by atoms with E-state index in [0.717, 1.165) is 5.82 Å². The average Bonchev–Trinajstić information content (AvgIpc) is 2.84. The number of imidazole rings is 1. The number of aryl methyl sites for hydroxylation is 1. The van der Waals surface area contributed by atoms with E-state index in [4.69, 9.17) is 0 Å². The van der Waals surface area contributed by atoms with Crippen molar-refractivity contribution in [3.8, 4) is 0 Å². The first kappa shape index (κ1) is 13.8. The van der Waals surface area contributed by atoms with Gasteiger partial charge in [0.2, 0.25) is 5.91 Å². The highest BCUT2D eigenvalue weighted by atomic mass is 16.5.